The lowest BCUT2D eigenvalue weighted by atomic mass is 9.76. The zero-order valence-electron chi connectivity index (χ0n) is 28.0. The topological polar surface area (TPSA) is 0 Å². The molecular weight excluding hydrogens is 621 g/mol. The second-order valence-electron chi connectivity index (χ2n) is 14.3. The first-order valence-corrected chi connectivity index (χ1v) is 18.8. The Morgan fingerprint density at radius 1 is 0.460 bits per heavy atom. The van der Waals surface area contributed by atoms with Crippen LogP contribution in [0.5, 0.6) is 0 Å². The molecule has 0 atom stereocenters. The first kappa shape index (κ1) is 28.3. The van der Waals surface area contributed by atoms with Crippen LogP contribution in [0.1, 0.15) is 36.3 Å². The van der Waals surface area contributed by atoms with Crippen LogP contribution in [0.4, 0.5) is 0 Å². The zero-order chi connectivity index (χ0) is 32.9. The molecule has 1 aliphatic carbocycles. The molecular formula is C49H34S. The number of rotatable bonds is 3. The van der Waals surface area contributed by atoms with Crippen molar-refractivity contribution in [2.24, 2.45) is 0 Å². The molecule has 0 spiro atoms. The lowest BCUT2D eigenvalue weighted by molar-refractivity contribution is 0.422. The van der Waals surface area contributed by atoms with Crippen molar-refractivity contribution >= 4 is 85.4 Å². The van der Waals surface area contributed by atoms with Crippen LogP contribution in [0, 0.1) is 6.92 Å². The summed E-state index contributed by atoms with van der Waals surface area (Å²) in [5.41, 5.74) is 8.15. The maximum atomic E-state index is 2.50. The number of fused-ring (bicyclic) bond motifs is 9. The Labute approximate surface area is 295 Å². The Bertz CT molecular complexity index is 2970. The van der Waals surface area contributed by atoms with Gasteiger partial charge in [-0.15, -0.1) is 11.3 Å². The zero-order valence-corrected chi connectivity index (χ0v) is 28.8. The highest BCUT2D eigenvalue weighted by Crippen LogP contribution is 2.49. The molecule has 11 rings (SSSR count). The van der Waals surface area contributed by atoms with Crippen LogP contribution in [0.15, 0.2) is 146 Å². The fourth-order valence-corrected chi connectivity index (χ4v) is 10.2. The van der Waals surface area contributed by atoms with Gasteiger partial charge in [-0.3, -0.25) is 0 Å². The highest BCUT2D eigenvalue weighted by molar-refractivity contribution is 7.25. The monoisotopic (exact) mass is 654 g/mol. The number of hydrogen-bond acceptors (Lipinski definition) is 1. The lowest BCUT2D eigenvalue weighted by Crippen LogP contribution is -2.09. The Kier molecular flexibility index (Phi) is 6.09. The van der Waals surface area contributed by atoms with Gasteiger partial charge in [-0.1, -0.05) is 128 Å². The largest absolute Gasteiger partial charge is 0.135 e. The molecule has 1 heterocycles. The summed E-state index contributed by atoms with van der Waals surface area (Å²) in [6.45, 7) is 2.30. The highest BCUT2D eigenvalue weighted by Gasteiger charge is 2.25. The van der Waals surface area contributed by atoms with Crippen molar-refractivity contribution < 1.29 is 0 Å². The number of aryl methyl sites for hydroxylation is 1. The third-order valence-corrected chi connectivity index (χ3v) is 12.7. The van der Waals surface area contributed by atoms with Crippen molar-refractivity contribution in [2.45, 2.75) is 32.1 Å². The molecule has 1 saturated carbocycles. The minimum absolute atomic E-state index is 0.672. The van der Waals surface area contributed by atoms with Crippen LogP contribution in [0.25, 0.3) is 96.3 Å². The minimum Gasteiger partial charge on any atom is -0.135 e. The molecule has 0 bridgehead atoms. The van der Waals surface area contributed by atoms with Gasteiger partial charge in [0.05, 0.1) is 0 Å². The minimum atomic E-state index is 0.672. The Hall–Kier alpha value is -5.50. The van der Waals surface area contributed by atoms with Crippen LogP contribution >= 0.6 is 11.3 Å². The third-order valence-electron chi connectivity index (χ3n) is 11.6. The summed E-state index contributed by atoms with van der Waals surface area (Å²) < 4.78 is 2.68. The summed E-state index contributed by atoms with van der Waals surface area (Å²) >= 11 is 1.91. The number of hydrogen-bond donors (Lipinski definition) is 0. The molecule has 9 aromatic carbocycles. The molecule has 0 aliphatic heterocycles. The molecule has 236 valence electrons. The fraction of sp³-hybridized carbons (Fsp3) is 0.102. The van der Waals surface area contributed by atoms with E-state index in [0.29, 0.717) is 5.92 Å². The Morgan fingerprint density at radius 2 is 1.08 bits per heavy atom. The average Bonchev–Trinajstić information content (AvgIpc) is 3.48. The van der Waals surface area contributed by atoms with E-state index in [9.17, 15) is 0 Å². The van der Waals surface area contributed by atoms with Crippen LogP contribution in [-0.4, -0.2) is 0 Å². The van der Waals surface area contributed by atoms with Gasteiger partial charge < -0.3 is 0 Å². The average molecular weight is 655 g/mol. The summed E-state index contributed by atoms with van der Waals surface area (Å²) in [5, 5.41) is 16.1. The van der Waals surface area contributed by atoms with Crippen LogP contribution in [-0.2, 0) is 0 Å². The summed E-state index contributed by atoms with van der Waals surface area (Å²) in [6, 6.07) is 55.3. The first-order valence-electron chi connectivity index (χ1n) is 18.0. The smallest absolute Gasteiger partial charge is 0.0361 e. The van der Waals surface area contributed by atoms with Crippen molar-refractivity contribution in [1.82, 2.24) is 0 Å². The first-order chi connectivity index (χ1) is 24.7. The van der Waals surface area contributed by atoms with Crippen molar-refractivity contribution in [3.05, 3.63) is 157 Å². The molecule has 0 radical (unpaired) electrons. The maximum Gasteiger partial charge on any atom is 0.0361 e. The van der Waals surface area contributed by atoms with Gasteiger partial charge in [0.25, 0.3) is 0 Å². The molecule has 50 heavy (non-hydrogen) atoms. The SMILES string of the molecule is Cc1cccc2c(-c3c4ccccc4c(-c4ccc5c(c4)sc4cc6ccccc6cc45)c4ccccc34)cc3cccc(C4CCC4)c3c12. The molecule has 0 nitrogen and oxygen atoms in total. The fourth-order valence-electron chi connectivity index (χ4n) is 9.07. The number of benzene rings is 9. The normalized spacial score (nSPS) is 13.8. The second kappa shape index (κ2) is 10.7. The van der Waals surface area contributed by atoms with Crippen molar-refractivity contribution in [2.75, 3.05) is 0 Å². The maximum absolute atomic E-state index is 2.50. The van der Waals surface area contributed by atoms with Gasteiger partial charge in [-0.2, -0.15) is 0 Å². The standard InChI is InChI=1S/C49H34S/c1-29-11-8-22-41-43(26-33-16-10-21-35(30-14-9-15-30)48(33)46(29)41)49-39-19-6-4-17-37(39)47(38-18-5-7-20-40(38)49)34-23-24-36-42-25-31-12-2-3-13-32(31)27-45(42)50-44(36)28-34/h2-8,10-13,16-28,30H,9,14-15H2,1H3. The van der Waals surface area contributed by atoms with Gasteiger partial charge in [0, 0.05) is 20.2 Å². The molecule has 0 N–H and O–H groups in total. The lowest BCUT2D eigenvalue weighted by Gasteiger charge is -2.28. The van der Waals surface area contributed by atoms with E-state index in [-0.39, 0.29) is 0 Å². The molecule has 1 aromatic heterocycles. The predicted octanol–water partition coefficient (Wildman–Crippen LogP) is 14.7. The number of thiophene rings is 1. The summed E-state index contributed by atoms with van der Waals surface area (Å²) in [6.07, 6.45) is 3.94. The quantitative estimate of drug-likeness (QED) is 0.131. The van der Waals surface area contributed by atoms with Gasteiger partial charge in [0.1, 0.15) is 0 Å². The van der Waals surface area contributed by atoms with Crippen molar-refractivity contribution in [1.29, 1.82) is 0 Å². The molecule has 1 heteroatoms. The van der Waals surface area contributed by atoms with Crippen molar-refractivity contribution in [3.8, 4) is 22.3 Å². The van der Waals surface area contributed by atoms with E-state index in [2.05, 4.69) is 153 Å². The van der Waals surface area contributed by atoms with Gasteiger partial charge in [0.15, 0.2) is 0 Å². The molecule has 0 saturated heterocycles. The second-order valence-corrected chi connectivity index (χ2v) is 15.4. The molecule has 0 amide bonds. The van der Waals surface area contributed by atoms with Gasteiger partial charge in [-0.25, -0.2) is 0 Å². The highest BCUT2D eigenvalue weighted by atomic mass is 32.1. The molecule has 1 fully saturated rings. The molecule has 10 aromatic rings. The summed E-state index contributed by atoms with van der Waals surface area (Å²) in [7, 11) is 0. The predicted molar refractivity (Wildman–Crippen MR) is 219 cm³/mol. The van der Waals surface area contributed by atoms with E-state index in [1.54, 1.807) is 0 Å². The van der Waals surface area contributed by atoms with Gasteiger partial charge in [-0.05, 0) is 137 Å². The van der Waals surface area contributed by atoms with Gasteiger partial charge >= 0.3 is 0 Å². The van der Waals surface area contributed by atoms with Crippen LogP contribution in [0.3, 0.4) is 0 Å². The van der Waals surface area contributed by atoms with Crippen LogP contribution < -0.4 is 0 Å². The summed E-state index contributed by atoms with van der Waals surface area (Å²) in [5.74, 6) is 0.672. The van der Waals surface area contributed by atoms with E-state index in [1.165, 1.54) is 127 Å². The Balaban J connectivity index is 1.21. The van der Waals surface area contributed by atoms with Gasteiger partial charge in [0.2, 0.25) is 0 Å². The van der Waals surface area contributed by atoms with E-state index in [4.69, 9.17) is 0 Å². The van der Waals surface area contributed by atoms with E-state index < -0.39 is 0 Å². The Morgan fingerprint density at radius 3 is 1.80 bits per heavy atom. The van der Waals surface area contributed by atoms with Crippen molar-refractivity contribution in [3.63, 3.8) is 0 Å². The molecule has 0 unspecified atom stereocenters. The van der Waals surface area contributed by atoms with E-state index >= 15 is 0 Å². The molecule has 1 aliphatic rings. The summed E-state index contributed by atoms with van der Waals surface area (Å²) in [4.78, 5) is 0. The van der Waals surface area contributed by atoms with Crippen LogP contribution in [0.2, 0.25) is 0 Å². The van der Waals surface area contributed by atoms with E-state index in [0.717, 1.165) is 0 Å². The third kappa shape index (κ3) is 4.05. The van der Waals surface area contributed by atoms with E-state index in [1.807, 2.05) is 11.3 Å².